The van der Waals surface area contributed by atoms with Crippen LogP contribution in [0.25, 0.3) is 66.9 Å². The zero-order chi connectivity index (χ0) is 95.4. The Morgan fingerprint density at radius 2 is 0.855 bits per heavy atom. The highest BCUT2D eigenvalue weighted by atomic mass is 32.2. The van der Waals surface area contributed by atoms with Gasteiger partial charge in [-0.15, -0.1) is 0 Å². The van der Waals surface area contributed by atoms with Crippen molar-refractivity contribution in [1.29, 1.82) is 0 Å². The van der Waals surface area contributed by atoms with E-state index in [1.54, 1.807) is 94.2 Å². The number of hydrogen-bond acceptors (Lipinski definition) is 25. The van der Waals surface area contributed by atoms with Crippen LogP contribution in [0.2, 0.25) is 0 Å². The van der Waals surface area contributed by atoms with Crippen molar-refractivity contribution in [3.8, 4) is 34.2 Å². The number of nitrogens with two attached hydrogens (primary N) is 2. The smallest absolute Gasteiger partial charge is 0.343 e. The number of nitrogens with one attached hydrogen (secondary N) is 2. The lowest BCUT2D eigenvalue weighted by Crippen LogP contribution is -2.44. The number of carboxylic acid groups (broad SMARTS) is 1. The van der Waals surface area contributed by atoms with Gasteiger partial charge in [0.05, 0.1) is 105 Å². The van der Waals surface area contributed by atoms with E-state index in [1.807, 2.05) is 20.8 Å². The predicted molar refractivity (Wildman–Crippen MR) is 473 cm³/mol. The molecule has 131 heavy (non-hydrogen) atoms. The molecule has 2 amide bonds. The number of cyclic esters (lactones) is 3. The van der Waals surface area contributed by atoms with Gasteiger partial charge in [0.15, 0.2) is 16.8 Å². The van der Waals surface area contributed by atoms with E-state index in [2.05, 4.69) is 10.6 Å². The molecule has 32 nitrogen and oxygen atoms in total. The first-order chi connectivity index (χ1) is 61.5. The number of amides is 2. The molecule has 11 N–H and O–H groups in total. The Balaban J connectivity index is 0.000000146. The summed E-state index contributed by atoms with van der Waals surface area (Å²) < 4.78 is 95.7. The molecule has 0 saturated carbocycles. The molecule has 0 unspecified atom stereocenters. The van der Waals surface area contributed by atoms with E-state index < -0.39 is 62.4 Å². The normalized spacial score (nSPS) is 20.0. The summed E-state index contributed by atoms with van der Waals surface area (Å²) >= 11 is 0. The molecular formula is C95H107F3N10O22S. The van der Waals surface area contributed by atoms with Gasteiger partial charge < -0.3 is 75.2 Å². The lowest BCUT2D eigenvalue weighted by molar-refractivity contribution is -0.172. The molecule has 12 heterocycles. The fourth-order valence-corrected chi connectivity index (χ4v) is 19.6. The van der Waals surface area contributed by atoms with E-state index >= 15 is 4.39 Å². The van der Waals surface area contributed by atoms with Gasteiger partial charge in [-0.05, 0) is 186 Å². The number of ketones is 1. The van der Waals surface area contributed by atoms with Crippen molar-refractivity contribution in [2.45, 2.75) is 272 Å². The molecule has 6 aromatic heterocycles. The summed E-state index contributed by atoms with van der Waals surface area (Å²) in [6, 6.07) is 8.14. The summed E-state index contributed by atoms with van der Waals surface area (Å²) in [5.74, 6) is -4.86. The predicted octanol–water partition coefficient (Wildman–Crippen LogP) is 10.3. The number of nitrogens with zero attached hydrogens (tertiary/aromatic N) is 6. The Morgan fingerprint density at radius 3 is 1.19 bits per heavy atom. The first kappa shape index (κ1) is 95.3. The summed E-state index contributed by atoms with van der Waals surface area (Å²) in [6.45, 7) is 21.8. The quantitative estimate of drug-likeness (QED) is 0.0246. The first-order valence-electron chi connectivity index (χ1n) is 43.9. The number of halogens is 3. The van der Waals surface area contributed by atoms with Crippen LogP contribution in [0.15, 0.2) is 50.8 Å². The lowest BCUT2D eigenvalue weighted by Gasteiger charge is -2.31. The van der Waals surface area contributed by atoms with Crippen LogP contribution in [-0.2, 0) is 143 Å². The fourth-order valence-electron chi connectivity index (χ4n) is 19.6. The Labute approximate surface area is 750 Å². The maximum Gasteiger partial charge on any atom is 0.343 e. The average Bonchev–Trinajstić information content (AvgIpc) is 1.56. The first-order valence-corrected chi connectivity index (χ1v) is 45.7. The highest BCUT2D eigenvalue weighted by molar-refractivity contribution is 7.85. The van der Waals surface area contributed by atoms with Crippen LogP contribution in [0.5, 0.6) is 0 Å². The number of rotatable bonds is 16. The van der Waals surface area contributed by atoms with E-state index in [0.717, 1.165) is 66.2 Å². The maximum absolute atomic E-state index is 15.1. The van der Waals surface area contributed by atoms with Crippen LogP contribution in [0, 0.1) is 43.6 Å². The van der Waals surface area contributed by atoms with Gasteiger partial charge >= 0.3 is 29.8 Å². The van der Waals surface area contributed by atoms with Gasteiger partial charge in [-0.3, -0.25) is 42.9 Å². The Bertz CT molecular complexity index is 6720. The van der Waals surface area contributed by atoms with E-state index in [-0.39, 0.29) is 200 Å². The molecule has 6 atom stereocenters. The number of aryl methyl sites for hydroxylation is 3. The molecule has 0 spiro atoms. The third-order valence-electron chi connectivity index (χ3n) is 26.0. The van der Waals surface area contributed by atoms with Gasteiger partial charge in [0, 0.05) is 119 Å². The topological polar surface area (TPSA) is 490 Å². The Kier molecular flexibility index (Phi) is 26.0. The number of benzene rings is 3. The number of fused-ring (bicyclic) bond motifs is 15. The number of carbonyl (C=O) groups is 8. The van der Waals surface area contributed by atoms with Crippen molar-refractivity contribution in [3.05, 3.63) is 185 Å². The second-order valence-corrected chi connectivity index (χ2v) is 38.6. The number of esters is 4. The standard InChI is InChI=1S/C34H38FN3O6.C27H27FN4O5.C24H22FN3O4.C9H16O4.CH4O3S/c1-6-34(43)22-12-26-30-20(15-38(26)31(41)21(22)16-44-32(34)42)29-24(36-27(40)9-7-8-18(39)14-33(3,4)5)11-10-19-17(2)23(35)13-25(37-30)28(19)29;1-3-27(36)16-8-20-24-14(10-32(20)25(34)15(16)11-37-26(27)35)23-18(30-21(33)6-7-29)5-4-13-12(2)17(28)9-19(31-24)22(13)23;1-3-24(31)14-6-18-21-12(8-28(18)22(29)13(14)9-32-23(24)30)19-16(26)5-4-11-10(2)15(25)7-17(27-21)20(11)19;1-9(2,3)13-8(12)6-4-5-7(10)11;1-5(2,3)4/h12-13,24,43H,6-11,14-16H2,1-5H3,(H,36,40);8-9,18,36H,3-7,10-11,29H2,1-2H3,(H,30,33);6-7,16,31H,3-5,8-9,26H2,1-2H3;4-6H2,1-3H3,(H,10,11);1H3,(H,2,3,4)/t24-,34-;18-,27-;16-,24-;;/m000../s1. The van der Waals surface area contributed by atoms with Crippen molar-refractivity contribution in [2.75, 3.05) is 12.8 Å². The van der Waals surface area contributed by atoms with Gasteiger partial charge in [-0.25, -0.2) is 42.5 Å². The minimum atomic E-state index is -3.67. The van der Waals surface area contributed by atoms with E-state index in [0.29, 0.717) is 138 Å². The summed E-state index contributed by atoms with van der Waals surface area (Å²) in [5, 5.41) is 50.4. The molecular weight excluding hydrogens is 1720 g/mol. The van der Waals surface area contributed by atoms with Gasteiger partial charge in [0.1, 0.15) is 48.7 Å². The van der Waals surface area contributed by atoms with Crippen molar-refractivity contribution in [3.63, 3.8) is 0 Å². The molecule has 3 aliphatic carbocycles. The molecule has 0 radical (unpaired) electrons. The van der Waals surface area contributed by atoms with Crippen LogP contribution < -0.4 is 38.8 Å². The number of aliphatic carboxylic acids is 1. The maximum atomic E-state index is 15.1. The molecule has 36 heteroatoms. The number of aromatic nitrogens is 6. The van der Waals surface area contributed by atoms with Crippen molar-refractivity contribution in [2.24, 2.45) is 16.9 Å². The Hall–Kier alpha value is -11.8. The number of carboxylic acids is 1. The number of carbonyl (C=O) groups excluding carboxylic acids is 7. The summed E-state index contributed by atoms with van der Waals surface area (Å²) in [7, 11) is -3.67. The minimum absolute atomic E-state index is 0.0131. The summed E-state index contributed by atoms with van der Waals surface area (Å²) in [6.07, 6.45) is 6.59. The van der Waals surface area contributed by atoms with E-state index in [4.69, 9.17) is 55.0 Å². The molecule has 0 fully saturated rings. The van der Waals surface area contributed by atoms with Crippen molar-refractivity contribution in [1.82, 2.24) is 39.3 Å². The molecule has 18 rings (SSSR count). The van der Waals surface area contributed by atoms with Crippen molar-refractivity contribution < 1.29 is 104 Å². The average molecular weight is 1830 g/mol. The monoisotopic (exact) mass is 1830 g/mol. The molecule has 3 aromatic carbocycles. The second-order valence-electron chi connectivity index (χ2n) is 37.1. The number of pyridine rings is 6. The van der Waals surface area contributed by atoms with E-state index in [9.17, 15) is 85.3 Å². The highest BCUT2D eigenvalue weighted by Crippen LogP contribution is 2.51. The third kappa shape index (κ3) is 17.7. The van der Waals surface area contributed by atoms with Crippen LogP contribution in [-0.4, -0.2) is 128 Å². The molecule has 0 bridgehead atoms. The number of ether oxygens (including phenoxy) is 4. The van der Waals surface area contributed by atoms with Crippen LogP contribution in [0.1, 0.15) is 270 Å². The van der Waals surface area contributed by atoms with Crippen LogP contribution >= 0.6 is 0 Å². The minimum Gasteiger partial charge on any atom is -0.481 e. The lowest BCUT2D eigenvalue weighted by atomic mass is 9.81. The van der Waals surface area contributed by atoms with Crippen molar-refractivity contribution >= 4 is 90.3 Å². The van der Waals surface area contributed by atoms with Gasteiger partial charge in [0.2, 0.25) is 11.8 Å². The van der Waals surface area contributed by atoms with Gasteiger partial charge in [-0.1, -0.05) is 41.5 Å². The summed E-state index contributed by atoms with van der Waals surface area (Å²) in [5.41, 5.74) is 19.6. The SMILES string of the molecule is CC(C)(C)OC(=O)CCCC(=O)O.CC[C@@]1(O)C(=O)OCc2c1cc1n(c2=O)Cc2c-1nc1cc(F)c(C)c3c1c2[C@@H](N)CC3.CC[C@@]1(O)C(=O)OCc2c1cc1n(c2=O)Cc2c-1nc1cc(F)c(C)c3c1c2[C@@H](NC(=O)CCCC(=O)CC(C)(C)C)CC3.CC[C@@]1(O)C(=O)OCc2c1cc1n(c2=O)Cc2c-1nc1cc(F)c(C)c3c1c2[C@@H](NC(=O)CCN)CC3.CS(=O)(=O)O. The highest BCUT2D eigenvalue weighted by Gasteiger charge is 2.50. The second kappa shape index (κ2) is 35.7. The third-order valence-corrected chi connectivity index (χ3v) is 26.0. The zero-order valence-corrected chi connectivity index (χ0v) is 76.0. The fraction of sp³-hybridized carbons (Fsp3) is 0.474. The molecule has 0 saturated heterocycles. The molecule has 9 aromatic rings. The molecule has 9 aliphatic rings. The van der Waals surface area contributed by atoms with Gasteiger partial charge in [-0.2, -0.15) is 8.42 Å². The molecule has 6 aliphatic heterocycles. The van der Waals surface area contributed by atoms with E-state index in [1.165, 1.54) is 18.2 Å². The summed E-state index contributed by atoms with van der Waals surface area (Å²) in [4.78, 5) is 152. The van der Waals surface area contributed by atoms with Gasteiger partial charge in [0.25, 0.3) is 26.8 Å². The Morgan fingerprint density at radius 1 is 0.519 bits per heavy atom. The number of Topliss-reactive ketones (excluding diaryl/α,β-unsaturated/α-hetero) is 1. The van der Waals surface area contributed by atoms with Crippen LogP contribution in [0.3, 0.4) is 0 Å². The number of aliphatic hydroxyl groups is 3. The van der Waals surface area contributed by atoms with Crippen LogP contribution in [0.4, 0.5) is 13.2 Å². The molecule has 696 valence electrons. The largest absolute Gasteiger partial charge is 0.481 e. The number of hydrogen-bond donors (Lipinski definition) is 9. The zero-order valence-electron chi connectivity index (χ0n) is 75.2.